The first-order valence-electron chi connectivity index (χ1n) is 10.3. The Morgan fingerprint density at radius 2 is 1.93 bits per heavy atom. The van der Waals surface area contributed by atoms with Crippen molar-refractivity contribution in [1.29, 1.82) is 0 Å². The number of benzene rings is 1. The number of nitrogens with zero attached hydrogens (tertiary/aromatic N) is 2. The van der Waals surface area contributed by atoms with Crippen molar-refractivity contribution in [3.05, 3.63) is 50.6 Å². The van der Waals surface area contributed by atoms with Gasteiger partial charge in [-0.05, 0) is 57.2 Å². The first kappa shape index (κ1) is 22.6. The van der Waals surface area contributed by atoms with Gasteiger partial charge in [0.2, 0.25) is 5.91 Å². The molecule has 2 atom stereocenters. The van der Waals surface area contributed by atoms with Crippen LogP contribution in [0, 0.1) is 13.8 Å². The summed E-state index contributed by atoms with van der Waals surface area (Å²) in [5.74, 6) is 0.274. The van der Waals surface area contributed by atoms with Gasteiger partial charge in [-0.15, -0.1) is 11.3 Å². The third kappa shape index (κ3) is 4.32. The number of carbonyl (C=O) groups excluding carboxylic acids is 1. The standard InChI is InChI=1S/C23H29N3O2S2/c1-7-13(3)17-11-9-10-12-18(17)24-20(27)16(6)30-23-25-21-19(14(4)15(5)29-21)22(28)26(23)8-2/h9-13,16H,7-8H2,1-6H3,(H,24,27). The van der Waals surface area contributed by atoms with Crippen molar-refractivity contribution >= 4 is 44.9 Å². The molecule has 0 aliphatic rings. The van der Waals surface area contributed by atoms with Gasteiger partial charge in [0.1, 0.15) is 4.83 Å². The van der Waals surface area contributed by atoms with Gasteiger partial charge < -0.3 is 5.32 Å². The van der Waals surface area contributed by atoms with Crippen molar-refractivity contribution < 1.29 is 4.79 Å². The molecule has 0 spiro atoms. The van der Waals surface area contributed by atoms with Crippen molar-refractivity contribution in [1.82, 2.24) is 9.55 Å². The van der Waals surface area contributed by atoms with Crippen LogP contribution in [-0.4, -0.2) is 20.7 Å². The van der Waals surface area contributed by atoms with Crippen LogP contribution in [0.4, 0.5) is 5.69 Å². The highest BCUT2D eigenvalue weighted by atomic mass is 32.2. The molecule has 7 heteroatoms. The number of amides is 1. The summed E-state index contributed by atoms with van der Waals surface area (Å²) < 4.78 is 1.67. The fraction of sp³-hybridized carbons (Fsp3) is 0.435. The van der Waals surface area contributed by atoms with Gasteiger partial charge in [0, 0.05) is 17.1 Å². The van der Waals surface area contributed by atoms with Gasteiger partial charge in [-0.2, -0.15) is 0 Å². The Hall–Kier alpha value is -2.12. The zero-order chi connectivity index (χ0) is 22.0. The lowest BCUT2D eigenvalue weighted by molar-refractivity contribution is -0.115. The zero-order valence-corrected chi connectivity index (χ0v) is 20.0. The van der Waals surface area contributed by atoms with E-state index in [1.165, 1.54) is 23.1 Å². The minimum Gasteiger partial charge on any atom is -0.325 e. The van der Waals surface area contributed by atoms with Crippen LogP contribution in [0.5, 0.6) is 0 Å². The van der Waals surface area contributed by atoms with Crippen LogP contribution in [0.2, 0.25) is 0 Å². The molecule has 30 heavy (non-hydrogen) atoms. The summed E-state index contributed by atoms with van der Waals surface area (Å²) in [7, 11) is 0. The molecule has 1 aromatic carbocycles. The van der Waals surface area contributed by atoms with Gasteiger partial charge in [0.25, 0.3) is 5.56 Å². The normalized spacial score (nSPS) is 13.4. The maximum atomic E-state index is 13.0. The number of hydrogen-bond donors (Lipinski definition) is 1. The second-order valence-electron chi connectivity index (χ2n) is 7.55. The number of hydrogen-bond acceptors (Lipinski definition) is 5. The van der Waals surface area contributed by atoms with Crippen molar-refractivity contribution in [3.8, 4) is 0 Å². The lowest BCUT2D eigenvalue weighted by atomic mass is 9.97. The first-order chi connectivity index (χ1) is 14.3. The van der Waals surface area contributed by atoms with E-state index in [-0.39, 0.29) is 16.7 Å². The van der Waals surface area contributed by atoms with E-state index in [1.54, 1.807) is 4.57 Å². The predicted molar refractivity (Wildman–Crippen MR) is 128 cm³/mol. The third-order valence-electron chi connectivity index (χ3n) is 5.58. The van der Waals surface area contributed by atoms with Gasteiger partial charge in [0.05, 0.1) is 10.6 Å². The molecule has 160 valence electrons. The second-order valence-corrected chi connectivity index (χ2v) is 10.1. The smallest absolute Gasteiger partial charge is 0.263 e. The highest BCUT2D eigenvalue weighted by Gasteiger charge is 2.22. The summed E-state index contributed by atoms with van der Waals surface area (Å²) in [6, 6.07) is 7.94. The maximum Gasteiger partial charge on any atom is 0.263 e. The molecule has 0 radical (unpaired) electrons. The van der Waals surface area contributed by atoms with Crippen molar-refractivity contribution in [2.24, 2.45) is 0 Å². The molecule has 0 fully saturated rings. The Morgan fingerprint density at radius 3 is 2.60 bits per heavy atom. The van der Waals surface area contributed by atoms with Crippen LogP contribution in [0.1, 0.15) is 56.0 Å². The van der Waals surface area contributed by atoms with E-state index in [2.05, 4.69) is 25.2 Å². The number of aryl methyl sites for hydroxylation is 2. The Kier molecular flexibility index (Phi) is 7.03. The Balaban J connectivity index is 1.88. The molecule has 2 aromatic heterocycles. The molecule has 3 rings (SSSR count). The number of rotatable bonds is 7. The highest BCUT2D eigenvalue weighted by Crippen LogP contribution is 2.31. The molecule has 2 heterocycles. The summed E-state index contributed by atoms with van der Waals surface area (Å²) in [5.41, 5.74) is 2.96. The number of thioether (sulfide) groups is 1. The molecule has 2 unspecified atom stereocenters. The predicted octanol–water partition coefficient (Wildman–Crippen LogP) is 5.73. The molecular formula is C23H29N3O2S2. The van der Waals surface area contributed by atoms with Crippen LogP contribution in [-0.2, 0) is 11.3 Å². The van der Waals surface area contributed by atoms with Gasteiger partial charge >= 0.3 is 0 Å². The SMILES string of the molecule is CCC(C)c1ccccc1NC(=O)C(C)Sc1nc2sc(C)c(C)c2c(=O)n1CC. The average molecular weight is 444 g/mol. The molecule has 5 nitrogen and oxygen atoms in total. The minimum absolute atomic E-state index is 0.0263. The van der Waals surface area contributed by atoms with Gasteiger partial charge in [-0.25, -0.2) is 4.98 Å². The number of aromatic nitrogens is 2. The molecule has 1 N–H and O–H groups in total. The molecule has 1 amide bonds. The third-order valence-corrected chi connectivity index (χ3v) is 7.77. The van der Waals surface area contributed by atoms with E-state index in [0.717, 1.165) is 32.9 Å². The summed E-state index contributed by atoms with van der Waals surface area (Å²) >= 11 is 2.87. The number of fused-ring (bicyclic) bond motifs is 1. The molecule has 0 saturated carbocycles. The monoisotopic (exact) mass is 443 g/mol. The van der Waals surface area contributed by atoms with Gasteiger partial charge in [-0.1, -0.05) is 43.8 Å². The molecule has 3 aromatic rings. The zero-order valence-electron chi connectivity index (χ0n) is 18.4. The fourth-order valence-electron chi connectivity index (χ4n) is 3.38. The van der Waals surface area contributed by atoms with E-state index < -0.39 is 0 Å². The van der Waals surface area contributed by atoms with Gasteiger partial charge in [0.15, 0.2) is 5.16 Å². The minimum atomic E-state index is -0.390. The quantitative estimate of drug-likeness (QED) is 0.374. The number of nitrogens with one attached hydrogen (secondary N) is 1. The number of thiophene rings is 1. The number of carbonyl (C=O) groups is 1. The van der Waals surface area contributed by atoms with E-state index in [1.807, 2.05) is 45.9 Å². The van der Waals surface area contributed by atoms with Gasteiger partial charge in [-0.3, -0.25) is 14.2 Å². The summed E-state index contributed by atoms with van der Waals surface area (Å²) in [6.07, 6.45) is 1.00. The van der Waals surface area contributed by atoms with E-state index in [0.29, 0.717) is 23.0 Å². The average Bonchev–Trinajstić information content (AvgIpc) is 3.01. The Morgan fingerprint density at radius 1 is 1.23 bits per heavy atom. The van der Waals surface area contributed by atoms with E-state index in [4.69, 9.17) is 4.98 Å². The largest absolute Gasteiger partial charge is 0.325 e. The van der Waals surface area contributed by atoms with Crippen molar-refractivity contribution in [3.63, 3.8) is 0 Å². The van der Waals surface area contributed by atoms with E-state index >= 15 is 0 Å². The van der Waals surface area contributed by atoms with Crippen LogP contribution >= 0.6 is 23.1 Å². The summed E-state index contributed by atoms with van der Waals surface area (Å²) in [5, 5.41) is 3.98. The van der Waals surface area contributed by atoms with E-state index in [9.17, 15) is 9.59 Å². The maximum absolute atomic E-state index is 13.0. The fourth-order valence-corrected chi connectivity index (χ4v) is 5.43. The highest BCUT2D eigenvalue weighted by molar-refractivity contribution is 8.00. The van der Waals surface area contributed by atoms with Crippen LogP contribution in [0.3, 0.4) is 0 Å². The lowest BCUT2D eigenvalue weighted by Crippen LogP contribution is -2.27. The number of para-hydroxylation sites is 1. The topological polar surface area (TPSA) is 64.0 Å². The van der Waals surface area contributed by atoms with Crippen LogP contribution < -0.4 is 10.9 Å². The molecule has 0 aliphatic carbocycles. The summed E-state index contributed by atoms with van der Waals surface area (Å²) in [4.78, 5) is 32.6. The molecular weight excluding hydrogens is 414 g/mol. The molecule has 0 bridgehead atoms. The first-order valence-corrected chi connectivity index (χ1v) is 12.0. The molecule has 0 saturated heterocycles. The Labute approximate surface area is 185 Å². The number of anilines is 1. The molecule has 0 aliphatic heterocycles. The van der Waals surface area contributed by atoms with Crippen LogP contribution in [0.15, 0.2) is 34.2 Å². The van der Waals surface area contributed by atoms with Crippen molar-refractivity contribution in [2.75, 3.05) is 5.32 Å². The second kappa shape index (κ2) is 9.35. The van der Waals surface area contributed by atoms with Crippen LogP contribution in [0.25, 0.3) is 10.2 Å². The van der Waals surface area contributed by atoms with Crippen molar-refractivity contribution in [2.45, 2.75) is 70.8 Å². The Bertz CT molecular complexity index is 1130. The summed E-state index contributed by atoms with van der Waals surface area (Å²) in [6.45, 7) is 12.6. The lowest BCUT2D eigenvalue weighted by Gasteiger charge is -2.18.